The summed E-state index contributed by atoms with van der Waals surface area (Å²) in [5.74, 6) is 1.43. The van der Waals surface area contributed by atoms with Crippen molar-refractivity contribution in [3.05, 3.63) is 41.7 Å². The summed E-state index contributed by atoms with van der Waals surface area (Å²) >= 11 is 0. The third-order valence-electron chi connectivity index (χ3n) is 2.72. The number of aryl methyl sites for hydroxylation is 2. The summed E-state index contributed by atoms with van der Waals surface area (Å²) in [7, 11) is 0. The molecule has 2 N–H and O–H groups in total. The maximum absolute atomic E-state index is 11.3. The molecular weight excluding hydrogens is 252 g/mol. The molecule has 0 radical (unpaired) electrons. The van der Waals surface area contributed by atoms with Crippen LogP contribution in [-0.2, 0) is 4.79 Å². The quantitative estimate of drug-likeness (QED) is 0.895. The number of pyridine rings is 2. The van der Waals surface area contributed by atoms with Crippen molar-refractivity contribution in [2.45, 2.75) is 27.2 Å². The van der Waals surface area contributed by atoms with E-state index in [9.17, 15) is 4.79 Å². The summed E-state index contributed by atoms with van der Waals surface area (Å²) in [6.07, 6.45) is 2.07. The van der Waals surface area contributed by atoms with E-state index in [1.54, 1.807) is 6.20 Å². The zero-order chi connectivity index (χ0) is 14.5. The van der Waals surface area contributed by atoms with Crippen LogP contribution in [0.3, 0.4) is 0 Å². The maximum atomic E-state index is 11.3. The van der Waals surface area contributed by atoms with Crippen LogP contribution in [0.2, 0.25) is 0 Å². The van der Waals surface area contributed by atoms with Crippen molar-refractivity contribution in [3.63, 3.8) is 0 Å². The first kappa shape index (κ1) is 14.0. The molecule has 0 atom stereocenters. The van der Waals surface area contributed by atoms with Crippen LogP contribution >= 0.6 is 0 Å². The lowest BCUT2D eigenvalue weighted by molar-refractivity contribution is -0.115. The van der Waals surface area contributed by atoms with Gasteiger partial charge in [0.05, 0.1) is 11.9 Å². The van der Waals surface area contributed by atoms with Gasteiger partial charge in [-0.15, -0.1) is 0 Å². The molecule has 0 aromatic carbocycles. The smallest absolute Gasteiger partial charge is 0.224 e. The maximum Gasteiger partial charge on any atom is 0.224 e. The Morgan fingerprint density at radius 1 is 1.20 bits per heavy atom. The van der Waals surface area contributed by atoms with E-state index in [4.69, 9.17) is 0 Å². The van der Waals surface area contributed by atoms with E-state index in [-0.39, 0.29) is 5.91 Å². The summed E-state index contributed by atoms with van der Waals surface area (Å²) in [6.45, 7) is 5.79. The van der Waals surface area contributed by atoms with Crippen molar-refractivity contribution >= 4 is 23.2 Å². The molecule has 20 heavy (non-hydrogen) atoms. The lowest BCUT2D eigenvalue weighted by atomic mass is 10.2. The van der Waals surface area contributed by atoms with Crippen molar-refractivity contribution in [2.24, 2.45) is 0 Å². The van der Waals surface area contributed by atoms with Gasteiger partial charge in [0.2, 0.25) is 5.91 Å². The number of rotatable bonds is 4. The molecule has 0 aliphatic rings. The normalized spacial score (nSPS) is 10.2. The monoisotopic (exact) mass is 270 g/mol. The molecule has 2 heterocycles. The Labute approximate surface area is 118 Å². The molecule has 2 aromatic heterocycles. The van der Waals surface area contributed by atoms with Crippen LogP contribution in [0.15, 0.2) is 30.5 Å². The van der Waals surface area contributed by atoms with Crippen LogP contribution in [0.1, 0.15) is 24.6 Å². The van der Waals surface area contributed by atoms with E-state index in [0.717, 1.165) is 17.1 Å². The van der Waals surface area contributed by atoms with Gasteiger partial charge in [-0.1, -0.05) is 6.92 Å². The van der Waals surface area contributed by atoms with Gasteiger partial charge < -0.3 is 10.6 Å². The number of anilines is 3. The molecule has 0 bridgehead atoms. The van der Waals surface area contributed by atoms with E-state index in [0.29, 0.717) is 17.9 Å². The van der Waals surface area contributed by atoms with Gasteiger partial charge in [0.15, 0.2) is 0 Å². The molecule has 2 rings (SSSR count). The predicted octanol–water partition coefficient (Wildman–Crippen LogP) is 3.19. The standard InChI is InChI=1S/C15H18N4O/c1-4-15(20)18-12-5-6-13(16-9-12)19-14-8-10(2)7-11(3)17-14/h5-9H,4H2,1-3H3,(H,18,20)(H,16,17,19). The molecule has 0 aliphatic heterocycles. The van der Waals surface area contributed by atoms with E-state index < -0.39 is 0 Å². The van der Waals surface area contributed by atoms with E-state index in [1.165, 1.54) is 0 Å². The minimum absolute atomic E-state index is 0.0246. The molecule has 5 heteroatoms. The fraction of sp³-hybridized carbons (Fsp3) is 0.267. The van der Waals surface area contributed by atoms with Gasteiger partial charge in [0.25, 0.3) is 0 Å². The Morgan fingerprint density at radius 3 is 2.60 bits per heavy atom. The second-order valence-corrected chi connectivity index (χ2v) is 4.63. The molecule has 1 amide bonds. The number of carbonyl (C=O) groups is 1. The first-order valence-corrected chi connectivity index (χ1v) is 6.55. The van der Waals surface area contributed by atoms with E-state index >= 15 is 0 Å². The van der Waals surface area contributed by atoms with Gasteiger partial charge in [-0.05, 0) is 43.7 Å². The topological polar surface area (TPSA) is 66.9 Å². The van der Waals surface area contributed by atoms with E-state index in [1.807, 2.05) is 45.0 Å². The minimum atomic E-state index is -0.0246. The van der Waals surface area contributed by atoms with Crippen molar-refractivity contribution in [1.82, 2.24) is 9.97 Å². The molecular formula is C15H18N4O. The predicted molar refractivity (Wildman–Crippen MR) is 80.2 cm³/mol. The van der Waals surface area contributed by atoms with Gasteiger partial charge in [0, 0.05) is 12.1 Å². The molecule has 5 nitrogen and oxygen atoms in total. The fourth-order valence-electron chi connectivity index (χ4n) is 1.83. The lowest BCUT2D eigenvalue weighted by Gasteiger charge is -2.08. The highest BCUT2D eigenvalue weighted by atomic mass is 16.1. The Hall–Kier alpha value is -2.43. The van der Waals surface area contributed by atoms with Crippen LogP contribution in [0.4, 0.5) is 17.3 Å². The molecule has 104 valence electrons. The number of carbonyl (C=O) groups excluding carboxylic acids is 1. The van der Waals surface area contributed by atoms with E-state index in [2.05, 4.69) is 20.6 Å². The number of nitrogens with one attached hydrogen (secondary N) is 2. The van der Waals surface area contributed by atoms with Gasteiger partial charge in [0.1, 0.15) is 11.6 Å². The van der Waals surface area contributed by atoms with Crippen molar-refractivity contribution in [3.8, 4) is 0 Å². The number of hydrogen-bond donors (Lipinski definition) is 2. The van der Waals surface area contributed by atoms with Gasteiger partial charge >= 0.3 is 0 Å². The highest BCUT2D eigenvalue weighted by molar-refractivity contribution is 5.90. The molecule has 0 unspecified atom stereocenters. The third kappa shape index (κ3) is 3.78. The SMILES string of the molecule is CCC(=O)Nc1ccc(Nc2cc(C)cc(C)n2)nc1. The summed E-state index contributed by atoms with van der Waals surface area (Å²) < 4.78 is 0. The number of nitrogens with zero attached hydrogens (tertiary/aromatic N) is 2. The van der Waals surface area contributed by atoms with Crippen molar-refractivity contribution in [2.75, 3.05) is 10.6 Å². The van der Waals surface area contributed by atoms with Crippen LogP contribution < -0.4 is 10.6 Å². The molecule has 0 saturated heterocycles. The first-order chi connectivity index (χ1) is 9.56. The van der Waals surface area contributed by atoms with Crippen LogP contribution in [0.5, 0.6) is 0 Å². The van der Waals surface area contributed by atoms with Gasteiger partial charge in [-0.2, -0.15) is 0 Å². The lowest BCUT2D eigenvalue weighted by Crippen LogP contribution is -2.09. The molecule has 0 spiro atoms. The zero-order valence-corrected chi connectivity index (χ0v) is 11.9. The Kier molecular flexibility index (Phi) is 4.30. The number of hydrogen-bond acceptors (Lipinski definition) is 4. The van der Waals surface area contributed by atoms with Crippen LogP contribution in [0, 0.1) is 13.8 Å². The van der Waals surface area contributed by atoms with Crippen LogP contribution in [-0.4, -0.2) is 15.9 Å². The minimum Gasteiger partial charge on any atom is -0.325 e. The van der Waals surface area contributed by atoms with Crippen molar-refractivity contribution < 1.29 is 4.79 Å². The zero-order valence-electron chi connectivity index (χ0n) is 11.9. The first-order valence-electron chi connectivity index (χ1n) is 6.55. The molecule has 0 fully saturated rings. The van der Waals surface area contributed by atoms with Crippen LogP contribution in [0.25, 0.3) is 0 Å². The summed E-state index contributed by atoms with van der Waals surface area (Å²) in [6, 6.07) is 7.60. The second-order valence-electron chi connectivity index (χ2n) is 4.63. The van der Waals surface area contributed by atoms with Crippen molar-refractivity contribution in [1.29, 1.82) is 0 Å². The summed E-state index contributed by atoms with van der Waals surface area (Å²) in [5, 5.41) is 5.90. The van der Waals surface area contributed by atoms with Gasteiger partial charge in [-0.3, -0.25) is 4.79 Å². The molecule has 0 aliphatic carbocycles. The molecule has 0 saturated carbocycles. The number of aromatic nitrogens is 2. The Balaban J connectivity index is 2.08. The average molecular weight is 270 g/mol. The Bertz CT molecular complexity index is 588. The second kappa shape index (κ2) is 6.14. The Morgan fingerprint density at radius 2 is 2.00 bits per heavy atom. The largest absolute Gasteiger partial charge is 0.325 e. The highest BCUT2D eigenvalue weighted by Gasteiger charge is 2.02. The average Bonchev–Trinajstić information content (AvgIpc) is 2.39. The number of amides is 1. The highest BCUT2D eigenvalue weighted by Crippen LogP contribution is 2.16. The summed E-state index contributed by atoms with van der Waals surface area (Å²) in [4.78, 5) is 19.9. The summed E-state index contributed by atoms with van der Waals surface area (Å²) in [5.41, 5.74) is 2.79. The third-order valence-corrected chi connectivity index (χ3v) is 2.72. The molecule has 2 aromatic rings. The van der Waals surface area contributed by atoms with Gasteiger partial charge in [-0.25, -0.2) is 9.97 Å². The fourth-order valence-corrected chi connectivity index (χ4v) is 1.83.